The van der Waals surface area contributed by atoms with E-state index in [0.29, 0.717) is 11.7 Å². The van der Waals surface area contributed by atoms with Crippen LogP contribution in [0.4, 0.5) is 5.82 Å². The predicted molar refractivity (Wildman–Crippen MR) is 73.4 cm³/mol. The summed E-state index contributed by atoms with van der Waals surface area (Å²) in [5.74, 6) is 1.07. The monoisotopic (exact) mass is 240 g/mol. The fourth-order valence-corrected chi connectivity index (χ4v) is 2.33. The minimum Gasteiger partial charge on any atom is -0.381 e. The van der Waals surface area contributed by atoms with Gasteiger partial charge in [-0.2, -0.15) is 0 Å². The summed E-state index contributed by atoms with van der Waals surface area (Å²) in [4.78, 5) is 8.79. The minimum atomic E-state index is 0.490. The highest BCUT2D eigenvalue weighted by atomic mass is 15.1. The molecule has 3 rings (SSSR count). The number of anilines is 1. The summed E-state index contributed by atoms with van der Waals surface area (Å²) >= 11 is 0. The van der Waals surface area contributed by atoms with E-state index in [2.05, 4.69) is 34.3 Å². The molecule has 92 valence electrons. The number of para-hydroxylation sites is 2. The fraction of sp³-hybridized carbons (Fsp3) is 0.286. The van der Waals surface area contributed by atoms with E-state index in [1.54, 1.807) is 0 Å². The van der Waals surface area contributed by atoms with Crippen LogP contribution in [-0.2, 0) is 6.42 Å². The van der Waals surface area contributed by atoms with Crippen molar-refractivity contribution < 1.29 is 0 Å². The van der Waals surface area contributed by atoms with Crippen molar-refractivity contribution in [1.29, 1.82) is 0 Å². The van der Waals surface area contributed by atoms with Crippen molar-refractivity contribution in [1.82, 2.24) is 14.4 Å². The molecule has 0 spiro atoms. The van der Waals surface area contributed by atoms with Crippen LogP contribution < -0.4 is 5.73 Å². The highest BCUT2D eigenvalue weighted by Crippen LogP contribution is 2.22. The molecule has 0 saturated heterocycles. The Morgan fingerprint density at radius 2 is 2.06 bits per heavy atom. The van der Waals surface area contributed by atoms with Gasteiger partial charge in [-0.05, 0) is 24.5 Å². The van der Waals surface area contributed by atoms with Crippen LogP contribution in [0.3, 0.4) is 0 Å². The zero-order valence-electron chi connectivity index (χ0n) is 10.6. The van der Waals surface area contributed by atoms with Crippen LogP contribution in [-0.4, -0.2) is 14.4 Å². The fourth-order valence-electron chi connectivity index (χ4n) is 2.33. The Labute approximate surface area is 105 Å². The Bertz CT molecular complexity index is 712. The average molecular weight is 240 g/mol. The molecular weight excluding hydrogens is 224 g/mol. The van der Waals surface area contributed by atoms with Crippen molar-refractivity contribution >= 4 is 22.5 Å². The lowest BCUT2D eigenvalue weighted by atomic mass is 10.1. The largest absolute Gasteiger partial charge is 0.381 e. The molecule has 3 aromatic rings. The number of fused-ring (bicyclic) bond motifs is 3. The number of aromatic nitrogens is 3. The van der Waals surface area contributed by atoms with E-state index >= 15 is 0 Å². The Hall–Kier alpha value is -2.10. The van der Waals surface area contributed by atoms with Gasteiger partial charge in [0.1, 0.15) is 0 Å². The SMILES string of the molecule is CC(C)Cc1cnc2c(N)nc3ccccc3n12. The first kappa shape index (κ1) is 11.0. The van der Waals surface area contributed by atoms with Crippen molar-refractivity contribution in [2.24, 2.45) is 5.92 Å². The van der Waals surface area contributed by atoms with Crippen molar-refractivity contribution in [2.45, 2.75) is 20.3 Å². The van der Waals surface area contributed by atoms with E-state index in [1.165, 1.54) is 5.69 Å². The van der Waals surface area contributed by atoms with E-state index in [1.807, 2.05) is 24.4 Å². The quantitative estimate of drug-likeness (QED) is 0.749. The zero-order valence-corrected chi connectivity index (χ0v) is 10.6. The van der Waals surface area contributed by atoms with Crippen molar-refractivity contribution in [3.05, 3.63) is 36.2 Å². The lowest BCUT2D eigenvalue weighted by molar-refractivity contribution is 0.634. The van der Waals surface area contributed by atoms with Gasteiger partial charge in [0, 0.05) is 11.9 Å². The summed E-state index contributed by atoms with van der Waals surface area (Å²) in [5, 5.41) is 0. The zero-order chi connectivity index (χ0) is 12.7. The molecule has 0 aliphatic heterocycles. The van der Waals surface area contributed by atoms with Gasteiger partial charge in [0.25, 0.3) is 0 Å². The Morgan fingerprint density at radius 3 is 2.83 bits per heavy atom. The van der Waals surface area contributed by atoms with E-state index < -0.39 is 0 Å². The highest BCUT2D eigenvalue weighted by molar-refractivity contribution is 5.82. The van der Waals surface area contributed by atoms with Crippen LogP contribution in [0.15, 0.2) is 30.5 Å². The van der Waals surface area contributed by atoms with Gasteiger partial charge in [-0.3, -0.25) is 4.40 Å². The lowest BCUT2D eigenvalue weighted by Gasteiger charge is -2.08. The molecule has 0 bridgehead atoms. The number of imidazole rings is 1. The second kappa shape index (κ2) is 3.98. The third kappa shape index (κ3) is 1.61. The van der Waals surface area contributed by atoms with Crippen molar-refractivity contribution in [2.75, 3.05) is 5.73 Å². The third-order valence-corrected chi connectivity index (χ3v) is 3.04. The topological polar surface area (TPSA) is 56.2 Å². The van der Waals surface area contributed by atoms with Gasteiger partial charge in [-0.25, -0.2) is 9.97 Å². The van der Waals surface area contributed by atoms with E-state index in [4.69, 9.17) is 5.73 Å². The minimum absolute atomic E-state index is 0.490. The third-order valence-electron chi connectivity index (χ3n) is 3.04. The van der Waals surface area contributed by atoms with Crippen molar-refractivity contribution in [3.63, 3.8) is 0 Å². The molecule has 0 aliphatic carbocycles. The summed E-state index contributed by atoms with van der Waals surface area (Å²) < 4.78 is 2.12. The molecule has 0 amide bonds. The standard InChI is InChI=1S/C14H16N4/c1-9(2)7-10-8-16-14-13(15)17-11-5-3-4-6-12(11)18(10)14/h3-6,8-9H,7H2,1-2H3,(H2,15,17). The van der Waals surface area contributed by atoms with Gasteiger partial charge in [-0.1, -0.05) is 26.0 Å². The van der Waals surface area contributed by atoms with Crippen LogP contribution >= 0.6 is 0 Å². The molecule has 0 atom stereocenters. The number of hydrogen-bond donors (Lipinski definition) is 1. The lowest BCUT2D eigenvalue weighted by Crippen LogP contribution is -2.03. The number of nitrogens with two attached hydrogens (primary N) is 1. The molecule has 0 unspecified atom stereocenters. The molecule has 0 saturated carbocycles. The van der Waals surface area contributed by atoms with Gasteiger partial charge >= 0.3 is 0 Å². The maximum Gasteiger partial charge on any atom is 0.180 e. The molecule has 0 fully saturated rings. The van der Waals surface area contributed by atoms with E-state index in [0.717, 1.165) is 23.1 Å². The second-order valence-electron chi connectivity index (χ2n) is 4.99. The van der Waals surface area contributed by atoms with Gasteiger partial charge in [0.15, 0.2) is 11.5 Å². The predicted octanol–water partition coefficient (Wildman–Crippen LogP) is 2.66. The van der Waals surface area contributed by atoms with Crippen LogP contribution in [0.5, 0.6) is 0 Å². The first-order chi connectivity index (χ1) is 8.66. The molecule has 4 nitrogen and oxygen atoms in total. The van der Waals surface area contributed by atoms with E-state index in [9.17, 15) is 0 Å². The normalized spacial score (nSPS) is 11.7. The summed E-state index contributed by atoms with van der Waals surface area (Å²) in [7, 11) is 0. The van der Waals surface area contributed by atoms with Crippen LogP contribution in [0.25, 0.3) is 16.7 Å². The van der Waals surface area contributed by atoms with Gasteiger partial charge in [0.2, 0.25) is 0 Å². The van der Waals surface area contributed by atoms with Crippen LogP contribution in [0, 0.1) is 5.92 Å². The van der Waals surface area contributed by atoms with Crippen LogP contribution in [0.2, 0.25) is 0 Å². The Morgan fingerprint density at radius 1 is 1.28 bits per heavy atom. The molecule has 2 heterocycles. The molecule has 0 aliphatic rings. The average Bonchev–Trinajstić information content (AvgIpc) is 2.73. The van der Waals surface area contributed by atoms with Gasteiger partial charge in [0.05, 0.1) is 11.0 Å². The van der Waals surface area contributed by atoms with Crippen LogP contribution in [0.1, 0.15) is 19.5 Å². The molecular formula is C14H16N4. The summed E-state index contributed by atoms with van der Waals surface area (Å²) in [6.07, 6.45) is 2.88. The first-order valence-electron chi connectivity index (χ1n) is 6.17. The number of hydrogen-bond acceptors (Lipinski definition) is 3. The van der Waals surface area contributed by atoms with Gasteiger partial charge in [-0.15, -0.1) is 0 Å². The number of nitrogen functional groups attached to an aromatic ring is 1. The molecule has 18 heavy (non-hydrogen) atoms. The van der Waals surface area contributed by atoms with Crippen molar-refractivity contribution in [3.8, 4) is 0 Å². The second-order valence-corrected chi connectivity index (χ2v) is 4.99. The Balaban J connectivity index is 2.40. The number of rotatable bonds is 2. The smallest absolute Gasteiger partial charge is 0.180 e. The molecule has 0 radical (unpaired) electrons. The molecule has 1 aromatic carbocycles. The molecule has 4 heteroatoms. The number of benzene rings is 1. The molecule has 2 N–H and O–H groups in total. The Kier molecular flexibility index (Phi) is 2.44. The molecule has 2 aromatic heterocycles. The summed E-state index contributed by atoms with van der Waals surface area (Å²) in [6, 6.07) is 8.02. The van der Waals surface area contributed by atoms with E-state index in [-0.39, 0.29) is 0 Å². The maximum absolute atomic E-state index is 5.97. The first-order valence-corrected chi connectivity index (χ1v) is 6.17. The highest BCUT2D eigenvalue weighted by Gasteiger charge is 2.12. The summed E-state index contributed by atoms with van der Waals surface area (Å²) in [5.41, 5.74) is 9.88. The van der Waals surface area contributed by atoms with Gasteiger partial charge < -0.3 is 5.73 Å². The number of nitrogens with zero attached hydrogens (tertiary/aromatic N) is 3. The summed E-state index contributed by atoms with van der Waals surface area (Å²) in [6.45, 7) is 4.40. The maximum atomic E-state index is 5.97.